The highest BCUT2D eigenvalue weighted by molar-refractivity contribution is 8.00. The fourth-order valence-corrected chi connectivity index (χ4v) is 2.85. The first kappa shape index (κ1) is 14.3. The second kappa shape index (κ2) is 6.24. The molecule has 1 fully saturated rings. The molecule has 2 N–H and O–H groups in total. The predicted octanol–water partition coefficient (Wildman–Crippen LogP) is 1.65. The van der Waals surface area contributed by atoms with Gasteiger partial charge in [0.1, 0.15) is 0 Å². The number of hydrogen-bond donors (Lipinski definition) is 2. The van der Waals surface area contributed by atoms with E-state index in [0.29, 0.717) is 17.9 Å². The zero-order valence-corrected chi connectivity index (χ0v) is 11.6. The van der Waals surface area contributed by atoms with Gasteiger partial charge in [-0.05, 0) is 34.1 Å². The van der Waals surface area contributed by atoms with Crippen molar-refractivity contribution in [3.8, 4) is 0 Å². The van der Waals surface area contributed by atoms with E-state index < -0.39 is 0 Å². The van der Waals surface area contributed by atoms with Crippen molar-refractivity contribution in [2.45, 2.75) is 57.1 Å². The van der Waals surface area contributed by atoms with Gasteiger partial charge in [0.15, 0.2) is 0 Å². The topological polar surface area (TPSA) is 41.5 Å². The molecule has 0 spiro atoms. The van der Waals surface area contributed by atoms with Gasteiger partial charge in [0, 0.05) is 29.7 Å². The molecule has 1 saturated heterocycles. The van der Waals surface area contributed by atoms with Gasteiger partial charge >= 0.3 is 0 Å². The number of thioether (sulfide) groups is 1. The van der Waals surface area contributed by atoms with Crippen LogP contribution >= 0.6 is 11.8 Å². The number of nitrogens with one attached hydrogen (secondary N) is 1. The first-order valence-electron chi connectivity index (χ1n) is 6.05. The van der Waals surface area contributed by atoms with Crippen LogP contribution in [-0.4, -0.2) is 47.0 Å². The third-order valence-corrected chi connectivity index (χ3v) is 4.30. The average Bonchev–Trinajstić information content (AvgIpc) is 2.57. The molecule has 0 aromatic rings. The van der Waals surface area contributed by atoms with Gasteiger partial charge in [-0.1, -0.05) is 0 Å². The van der Waals surface area contributed by atoms with E-state index in [1.165, 1.54) is 0 Å². The summed E-state index contributed by atoms with van der Waals surface area (Å²) in [6.45, 7) is 9.98. The van der Waals surface area contributed by atoms with Crippen molar-refractivity contribution in [2.24, 2.45) is 0 Å². The molecule has 0 saturated carbocycles. The van der Waals surface area contributed by atoms with Crippen LogP contribution in [0.3, 0.4) is 0 Å². The van der Waals surface area contributed by atoms with Crippen LogP contribution in [0.4, 0.5) is 0 Å². The molecule has 96 valence electrons. The first-order chi connectivity index (χ1) is 7.38. The number of ether oxygens (including phenoxy) is 1. The van der Waals surface area contributed by atoms with Gasteiger partial charge in [-0.3, -0.25) is 0 Å². The predicted molar refractivity (Wildman–Crippen MR) is 70.0 cm³/mol. The van der Waals surface area contributed by atoms with E-state index >= 15 is 0 Å². The molecule has 0 radical (unpaired) electrons. The van der Waals surface area contributed by atoms with Gasteiger partial charge in [-0.25, -0.2) is 0 Å². The number of hydrogen-bond acceptors (Lipinski definition) is 4. The molecular weight excluding hydrogens is 222 g/mol. The summed E-state index contributed by atoms with van der Waals surface area (Å²) in [6, 6.07) is 0. The standard InChI is InChI=1S/C12H25NO2S/c1-9-11(5-6-15-9)16-8-10(14)7-13-12(2,3)4/h9-11,13-14H,5-8H2,1-4H3. The Morgan fingerprint density at radius 1 is 1.50 bits per heavy atom. The molecule has 0 aliphatic carbocycles. The lowest BCUT2D eigenvalue weighted by Gasteiger charge is -2.23. The molecule has 0 bridgehead atoms. The molecule has 0 aromatic heterocycles. The Hall–Kier alpha value is 0.230. The van der Waals surface area contributed by atoms with Crippen LogP contribution < -0.4 is 5.32 Å². The van der Waals surface area contributed by atoms with E-state index in [-0.39, 0.29) is 11.6 Å². The first-order valence-corrected chi connectivity index (χ1v) is 7.09. The fraction of sp³-hybridized carbons (Fsp3) is 1.00. The van der Waals surface area contributed by atoms with Crippen LogP contribution in [0.25, 0.3) is 0 Å². The highest BCUT2D eigenvalue weighted by Gasteiger charge is 2.25. The number of aliphatic hydroxyl groups excluding tert-OH is 1. The van der Waals surface area contributed by atoms with Gasteiger partial charge < -0.3 is 15.2 Å². The van der Waals surface area contributed by atoms with Crippen LogP contribution in [0.2, 0.25) is 0 Å². The van der Waals surface area contributed by atoms with E-state index in [1.54, 1.807) is 0 Å². The quantitative estimate of drug-likeness (QED) is 0.775. The highest BCUT2D eigenvalue weighted by Crippen LogP contribution is 2.26. The summed E-state index contributed by atoms with van der Waals surface area (Å²) in [5.74, 6) is 0.793. The van der Waals surface area contributed by atoms with Crippen molar-refractivity contribution >= 4 is 11.8 Å². The van der Waals surface area contributed by atoms with Gasteiger partial charge in [-0.15, -0.1) is 0 Å². The summed E-state index contributed by atoms with van der Waals surface area (Å²) in [4.78, 5) is 0. The largest absolute Gasteiger partial charge is 0.391 e. The Balaban J connectivity index is 2.12. The molecule has 0 amide bonds. The lowest BCUT2D eigenvalue weighted by atomic mass is 10.1. The van der Waals surface area contributed by atoms with Gasteiger partial charge in [-0.2, -0.15) is 11.8 Å². The van der Waals surface area contributed by atoms with E-state index in [2.05, 4.69) is 33.0 Å². The molecule has 3 unspecified atom stereocenters. The molecule has 1 heterocycles. The Morgan fingerprint density at radius 3 is 2.69 bits per heavy atom. The number of rotatable bonds is 5. The maximum absolute atomic E-state index is 9.83. The minimum atomic E-state index is -0.267. The minimum Gasteiger partial charge on any atom is -0.391 e. The van der Waals surface area contributed by atoms with Gasteiger partial charge in [0.25, 0.3) is 0 Å². The van der Waals surface area contributed by atoms with E-state index in [1.807, 2.05) is 11.8 Å². The molecule has 4 heteroatoms. The van der Waals surface area contributed by atoms with Gasteiger partial charge in [0.2, 0.25) is 0 Å². The molecular formula is C12H25NO2S. The van der Waals surface area contributed by atoms with E-state index in [9.17, 15) is 5.11 Å². The monoisotopic (exact) mass is 247 g/mol. The zero-order chi connectivity index (χ0) is 12.2. The smallest absolute Gasteiger partial charge is 0.0755 e. The van der Waals surface area contributed by atoms with Crippen LogP contribution in [0.1, 0.15) is 34.1 Å². The maximum atomic E-state index is 9.83. The SMILES string of the molecule is CC1OCCC1SCC(O)CNC(C)(C)C. The third kappa shape index (κ3) is 5.53. The molecule has 0 aromatic carbocycles. The Labute approximate surface area is 103 Å². The molecule has 1 aliphatic heterocycles. The van der Waals surface area contributed by atoms with Crippen LogP contribution in [0.5, 0.6) is 0 Å². The van der Waals surface area contributed by atoms with Gasteiger partial charge in [0.05, 0.1) is 12.2 Å². The van der Waals surface area contributed by atoms with Crippen molar-refractivity contribution in [2.75, 3.05) is 18.9 Å². The summed E-state index contributed by atoms with van der Waals surface area (Å²) < 4.78 is 5.49. The maximum Gasteiger partial charge on any atom is 0.0755 e. The van der Waals surface area contributed by atoms with Crippen LogP contribution in [-0.2, 0) is 4.74 Å². The van der Waals surface area contributed by atoms with Crippen molar-refractivity contribution < 1.29 is 9.84 Å². The summed E-state index contributed by atoms with van der Waals surface area (Å²) in [5, 5.41) is 13.7. The van der Waals surface area contributed by atoms with E-state index in [4.69, 9.17) is 4.74 Å². The van der Waals surface area contributed by atoms with Crippen molar-refractivity contribution in [3.05, 3.63) is 0 Å². The lowest BCUT2D eigenvalue weighted by Crippen LogP contribution is -2.41. The lowest BCUT2D eigenvalue weighted by molar-refractivity contribution is 0.127. The molecule has 1 rings (SSSR count). The molecule has 16 heavy (non-hydrogen) atoms. The summed E-state index contributed by atoms with van der Waals surface area (Å²) in [6.07, 6.45) is 1.19. The summed E-state index contributed by atoms with van der Waals surface area (Å²) in [7, 11) is 0. The van der Waals surface area contributed by atoms with Crippen molar-refractivity contribution in [1.29, 1.82) is 0 Å². The van der Waals surface area contributed by atoms with Crippen LogP contribution in [0.15, 0.2) is 0 Å². The number of β-amino-alcohol motifs (C(OH)–C–C–N with tert-alkyl or cyclic N) is 1. The Morgan fingerprint density at radius 2 is 2.19 bits per heavy atom. The summed E-state index contributed by atoms with van der Waals surface area (Å²) in [5.41, 5.74) is 0.0788. The van der Waals surface area contributed by atoms with Crippen molar-refractivity contribution in [1.82, 2.24) is 5.32 Å². The summed E-state index contributed by atoms with van der Waals surface area (Å²) >= 11 is 1.84. The Bertz CT molecular complexity index is 206. The fourth-order valence-electron chi connectivity index (χ4n) is 1.65. The second-order valence-corrected chi connectivity index (χ2v) is 6.79. The van der Waals surface area contributed by atoms with Crippen molar-refractivity contribution in [3.63, 3.8) is 0 Å². The van der Waals surface area contributed by atoms with E-state index in [0.717, 1.165) is 18.8 Å². The normalized spacial score (nSPS) is 28.3. The van der Waals surface area contributed by atoms with Crippen LogP contribution in [0, 0.1) is 0 Å². The number of aliphatic hydroxyl groups is 1. The Kier molecular flexibility index (Phi) is 5.57. The highest BCUT2D eigenvalue weighted by atomic mass is 32.2. The second-order valence-electron chi connectivity index (χ2n) is 5.52. The zero-order valence-electron chi connectivity index (χ0n) is 10.8. The third-order valence-electron chi connectivity index (χ3n) is 2.68. The minimum absolute atomic E-state index is 0.0788. The molecule has 3 atom stereocenters. The average molecular weight is 247 g/mol. The molecule has 3 nitrogen and oxygen atoms in total. The molecule has 1 aliphatic rings.